The molecule has 0 saturated heterocycles. The van der Waals surface area contributed by atoms with Crippen LogP contribution in [0.5, 0.6) is 0 Å². The minimum Gasteiger partial charge on any atom is -0.423 e. The molecule has 3 heteroatoms. The lowest BCUT2D eigenvalue weighted by Gasteiger charge is -2.10. The third-order valence-electron chi connectivity index (χ3n) is 2.21. The second-order valence-electron chi connectivity index (χ2n) is 2.93. The predicted octanol–water partition coefficient (Wildman–Crippen LogP) is 0.745. The summed E-state index contributed by atoms with van der Waals surface area (Å²) < 4.78 is 0. The zero-order valence-electron chi connectivity index (χ0n) is 6.08. The van der Waals surface area contributed by atoms with E-state index >= 15 is 0 Å². The molecule has 0 spiro atoms. The number of hydrogen-bond acceptors (Lipinski definition) is 2. The Balaban J connectivity index is 2.40. The molecule has 1 saturated carbocycles. The van der Waals surface area contributed by atoms with Gasteiger partial charge in [-0.2, -0.15) is 0 Å². The van der Waals surface area contributed by atoms with Crippen molar-refractivity contribution in [2.75, 3.05) is 0 Å². The van der Waals surface area contributed by atoms with Gasteiger partial charge in [-0.05, 0) is 24.2 Å². The minimum absolute atomic E-state index is 0.361. The molecule has 2 N–H and O–H groups in total. The van der Waals surface area contributed by atoms with Gasteiger partial charge in [-0.1, -0.05) is 12.8 Å². The first-order chi connectivity index (χ1) is 4.72. The summed E-state index contributed by atoms with van der Waals surface area (Å²) in [5.41, 5.74) is 0.595. The molecule has 1 aliphatic rings. The predicted molar refractivity (Wildman–Crippen MR) is 41.3 cm³/mol. The van der Waals surface area contributed by atoms with Crippen molar-refractivity contribution < 1.29 is 10.0 Å². The lowest BCUT2D eigenvalue weighted by Crippen LogP contribution is -2.19. The second kappa shape index (κ2) is 3.22. The number of rotatable bonds is 2. The van der Waals surface area contributed by atoms with Crippen LogP contribution in [0.4, 0.5) is 0 Å². The SMILES string of the molecule is C=C(B(O)O)C1CCCC1. The maximum Gasteiger partial charge on any atom is 0.483 e. The van der Waals surface area contributed by atoms with Crippen LogP contribution in [-0.4, -0.2) is 17.2 Å². The van der Waals surface area contributed by atoms with Gasteiger partial charge >= 0.3 is 7.12 Å². The van der Waals surface area contributed by atoms with Gasteiger partial charge in [0.1, 0.15) is 0 Å². The van der Waals surface area contributed by atoms with Crippen molar-refractivity contribution in [3.8, 4) is 0 Å². The summed E-state index contributed by atoms with van der Waals surface area (Å²) in [6.07, 6.45) is 4.57. The summed E-state index contributed by atoms with van der Waals surface area (Å²) in [5.74, 6) is 0.361. The maximum atomic E-state index is 8.74. The Bertz CT molecular complexity index is 128. The summed E-state index contributed by atoms with van der Waals surface area (Å²) in [4.78, 5) is 0. The lowest BCUT2D eigenvalue weighted by molar-refractivity contribution is 0.408. The van der Waals surface area contributed by atoms with Crippen LogP contribution < -0.4 is 0 Å². The fraction of sp³-hybridized carbons (Fsp3) is 0.714. The van der Waals surface area contributed by atoms with Gasteiger partial charge in [0.15, 0.2) is 0 Å². The Hall–Kier alpha value is -0.275. The van der Waals surface area contributed by atoms with Crippen LogP contribution in [0, 0.1) is 5.92 Å². The summed E-state index contributed by atoms with van der Waals surface area (Å²) in [5, 5.41) is 17.5. The Kier molecular flexibility index (Phi) is 2.52. The molecule has 0 aliphatic heterocycles. The van der Waals surface area contributed by atoms with E-state index in [1.165, 1.54) is 12.8 Å². The van der Waals surface area contributed by atoms with E-state index in [9.17, 15) is 0 Å². The zero-order chi connectivity index (χ0) is 7.56. The summed E-state index contributed by atoms with van der Waals surface area (Å²) in [7, 11) is -1.30. The molecule has 0 unspecified atom stereocenters. The number of allylic oxidation sites excluding steroid dienone is 1. The van der Waals surface area contributed by atoms with Crippen LogP contribution in [0.3, 0.4) is 0 Å². The van der Waals surface area contributed by atoms with Crippen molar-refractivity contribution in [3.05, 3.63) is 12.1 Å². The summed E-state index contributed by atoms with van der Waals surface area (Å²) in [6.45, 7) is 3.64. The van der Waals surface area contributed by atoms with Gasteiger partial charge in [-0.3, -0.25) is 0 Å². The normalized spacial score (nSPS) is 19.4. The molecule has 1 fully saturated rings. The molecule has 10 heavy (non-hydrogen) atoms. The van der Waals surface area contributed by atoms with Gasteiger partial charge in [0.2, 0.25) is 0 Å². The maximum absolute atomic E-state index is 8.74. The molecule has 1 rings (SSSR count). The Morgan fingerprint density at radius 3 is 2.20 bits per heavy atom. The van der Waals surface area contributed by atoms with Gasteiger partial charge < -0.3 is 10.0 Å². The van der Waals surface area contributed by atoms with Crippen molar-refractivity contribution in [3.63, 3.8) is 0 Å². The average molecular weight is 140 g/mol. The molecule has 0 bridgehead atoms. The van der Waals surface area contributed by atoms with Crippen LogP contribution in [0.25, 0.3) is 0 Å². The third-order valence-corrected chi connectivity index (χ3v) is 2.21. The smallest absolute Gasteiger partial charge is 0.423 e. The van der Waals surface area contributed by atoms with Crippen molar-refractivity contribution >= 4 is 7.12 Å². The van der Waals surface area contributed by atoms with E-state index in [1.807, 2.05) is 0 Å². The first-order valence-corrected chi connectivity index (χ1v) is 3.76. The first-order valence-electron chi connectivity index (χ1n) is 3.76. The fourth-order valence-electron chi connectivity index (χ4n) is 1.51. The molecular formula is C7H13BO2. The van der Waals surface area contributed by atoms with Gasteiger partial charge in [0.05, 0.1) is 0 Å². The lowest BCUT2D eigenvalue weighted by atomic mass is 9.72. The van der Waals surface area contributed by atoms with Crippen LogP contribution in [0.15, 0.2) is 12.1 Å². The topological polar surface area (TPSA) is 40.5 Å². The monoisotopic (exact) mass is 140 g/mol. The van der Waals surface area contributed by atoms with Crippen molar-refractivity contribution in [1.29, 1.82) is 0 Å². The third kappa shape index (κ3) is 1.61. The summed E-state index contributed by atoms with van der Waals surface area (Å²) in [6, 6.07) is 0. The average Bonchev–Trinajstić information content (AvgIpc) is 2.36. The molecule has 0 aromatic carbocycles. The van der Waals surface area contributed by atoms with Gasteiger partial charge in [0.25, 0.3) is 0 Å². The van der Waals surface area contributed by atoms with E-state index in [2.05, 4.69) is 6.58 Å². The largest absolute Gasteiger partial charge is 0.483 e. The molecule has 56 valence electrons. The van der Waals surface area contributed by atoms with Crippen LogP contribution in [0.2, 0.25) is 0 Å². The van der Waals surface area contributed by atoms with Crippen LogP contribution in [-0.2, 0) is 0 Å². The van der Waals surface area contributed by atoms with Crippen LogP contribution in [0.1, 0.15) is 25.7 Å². The molecular weight excluding hydrogens is 127 g/mol. The number of hydrogen-bond donors (Lipinski definition) is 2. The summed E-state index contributed by atoms with van der Waals surface area (Å²) >= 11 is 0. The minimum atomic E-state index is -1.30. The van der Waals surface area contributed by atoms with E-state index in [0.29, 0.717) is 11.4 Å². The van der Waals surface area contributed by atoms with E-state index in [4.69, 9.17) is 10.0 Å². The Labute approximate surface area is 61.7 Å². The Morgan fingerprint density at radius 1 is 1.30 bits per heavy atom. The van der Waals surface area contributed by atoms with Gasteiger partial charge in [-0.25, -0.2) is 0 Å². The molecule has 0 heterocycles. The fourth-order valence-corrected chi connectivity index (χ4v) is 1.51. The molecule has 1 aliphatic carbocycles. The second-order valence-corrected chi connectivity index (χ2v) is 2.93. The standard InChI is InChI=1S/C7H13BO2/c1-6(8(9)10)7-4-2-3-5-7/h7,9-10H,1-5H2. The molecule has 0 aromatic heterocycles. The highest BCUT2D eigenvalue weighted by Gasteiger charge is 2.24. The van der Waals surface area contributed by atoms with Gasteiger partial charge in [-0.15, -0.1) is 6.58 Å². The quantitative estimate of drug-likeness (QED) is 0.555. The van der Waals surface area contributed by atoms with Crippen molar-refractivity contribution in [2.45, 2.75) is 25.7 Å². The highest BCUT2D eigenvalue weighted by Crippen LogP contribution is 2.30. The highest BCUT2D eigenvalue weighted by atomic mass is 16.4. The van der Waals surface area contributed by atoms with E-state index in [1.54, 1.807) is 0 Å². The molecule has 0 aromatic rings. The van der Waals surface area contributed by atoms with Crippen LogP contribution >= 0.6 is 0 Å². The molecule has 2 nitrogen and oxygen atoms in total. The van der Waals surface area contributed by atoms with E-state index in [0.717, 1.165) is 12.8 Å². The first kappa shape index (κ1) is 7.83. The van der Waals surface area contributed by atoms with Gasteiger partial charge in [0, 0.05) is 0 Å². The van der Waals surface area contributed by atoms with Crippen molar-refractivity contribution in [1.82, 2.24) is 0 Å². The van der Waals surface area contributed by atoms with Crippen molar-refractivity contribution in [2.24, 2.45) is 5.92 Å². The zero-order valence-corrected chi connectivity index (χ0v) is 6.08. The Morgan fingerprint density at radius 2 is 1.80 bits per heavy atom. The molecule has 0 atom stereocenters. The molecule has 0 radical (unpaired) electrons. The van der Waals surface area contributed by atoms with E-state index < -0.39 is 7.12 Å². The molecule has 0 amide bonds. The van der Waals surface area contributed by atoms with E-state index in [-0.39, 0.29) is 0 Å². The highest BCUT2D eigenvalue weighted by molar-refractivity contribution is 6.50.